The van der Waals surface area contributed by atoms with Gasteiger partial charge in [-0.1, -0.05) is 29.4 Å². The van der Waals surface area contributed by atoms with Crippen LogP contribution in [0.4, 0.5) is 0 Å². The van der Waals surface area contributed by atoms with E-state index in [0.29, 0.717) is 11.6 Å². The maximum absolute atomic E-state index is 10.8. The summed E-state index contributed by atoms with van der Waals surface area (Å²) in [5.74, 6) is -0.174. The number of carbonyl (C=O) groups is 1. The Morgan fingerprint density at radius 1 is 1.32 bits per heavy atom. The predicted octanol–water partition coefficient (Wildman–Crippen LogP) is 2.75. The first-order chi connectivity index (χ1) is 12.0. The molecular weight excluding hydrogens is 318 g/mol. The zero-order valence-electron chi connectivity index (χ0n) is 14.6. The van der Waals surface area contributed by atoms with Gasteiger partial charge < -0.3 is 15.4 Å². The summed E-state index contributed by atoms with van der Waals surface area (Å²) in [7, 11) is 0. The van der Waals surface area contributed by atoms with E-state index in [2.05, 4.69) is 5.16 Å². The molecule has 0 radical (unpaired) electrons. The average Bonchev–Trinajstić information content (AvgIpc) is 3.05. The maximum atomic E-state index is 10.8. The lowest BCUT2D eigenvalue weighted by molar-refractivity contribution is -0.138. The summed E-state index contributed by atoms with van der Waals surface area (Å²) in [5.41, 5.74) is 3.52. The van der Waals surface area contributed by atoms with E-state index in [1.807, 2.05) is 29.2 Å². The van der Waals surface area contributed by atoms with Gasteiger partial charge in [0.1, 0.15) is 6.10 Å². The van der Waals surface area contributed by atoms with Crippen molar-refractivity contribution < 1.29 is 14.7 Å². The fourth-order valence-electron chi connectivity index (χ4n) is 3.58. The van der Waals surface area contributed by atoms with Crippen molar-refractivity contribution in [2.24, 2.45) is 11.1 Å². The zero-order valence-corrected chi connectivity index (χ0v) is 14.6. The smallest absolute Gasteiger partial charge is 0.317 e. The van der Waals surface area contributed by atoms with E-state index in [1.54, 1.807) is 6.92 Å². The largest absolute Gasteiger partial charge is 0.480 e. The molecule has 6 heteroatoms. The quantitative estimate of drug-likeness (QED) is 0.778. The molecular formula is C19H25N3O3. The van der Waals surface area contributed by atoms with Crippen molar-refractivity contribution in [2.45, 2.75) is 38.7 Å². The van der Waals surface area contributed by atoms with E-state index < -0.39 is 5.97 Å². The molecule has 0 spiro atoms. The van der Waals surface area contributed by atoms with E-state index in [9.17, 15) is 4.79 Å². The molecule has 134 valence electrons. The number of likely N-dealkylation sites (tertiary alicyclic amines) is 1. The van der Waals surface area contributed by atoms with Gasteiger partial charge in [0.15, 0.2) is 0 Å². The number of piperidine rings is 1. The highest BCUT2D eigenvalue weighted by Gasteiger charge is 2.28. The first-order valence-electron chi connectivity index (χ1n) is 8.84. The topological polar surface area (TPSA) is 86.0 Å². The molecule has 3 rings (SSSR count). The Morgan fingerprint density at radius 3 is 2.60 bits per heavy atom. The summed E-state index contributed by atoms with van der Waals surface area (Å²) < 4.78 is 0. The van der Waals surface area contributed by atoms with E-state index in [0.717, 1.165) is 55.6 Å². The second-order valence-corrected chi connectivity index (χ2v) is 7.02. The Morgan fingerprint density at radius 2 is 2.00 bits per heavy atom. The fraction of sp³-hybridized carbons (Fsp3) is 0.526. The molecule has 1 unspecified atom stereocenters. The molecule has 0 aliphatic carbocycles. The highest BCUT2D eigenvalue weighted by atomic mass is 16.6. The second kappa shape index (κ2) is 7.78. The van der Waals surface area contributed by atoms with Crippen LogP contribution >= 0.6 is 0 Å². The van der Waals surface area contributed by atoms with Crippen LogP contribution in [-0.4, -0.2) is 53.1 Å². The molecule has 1 aromatic carbocycles. The lowest BCUT2D eigenvalue weighted by atomic mass is 9.89. The number of rotatable bonds is 6. The number of hydrogen-bond acceptors (Lipinski definition) is 5. The van der Waals surface area contributed by atoms with Crippen molar-refractivity contribution >= 4 is 17.4 Å². The van der Waals surface area contributed by atoms with Crippen LogP contribution in [0.25, 0.3) is 0 Å². The van der Waals surface area contributed by atoms with Crippen LogP contribution in [-0.2, 0) is 9.63 Å². The molecule has 0 aromatic heterocycles. The molecule has 1 atom stereocenters. The summed E-state index contributed by atoms with van der Waals surface area (Å²) in [6.07, 6.45) is 3.96. The number of aliphatic carboxylic acids is 1. The van der Waals surface area contributed by atoms with Gasteiger partial charge in [-0.15, -0.1) is 0 Å². The third kappa shape index (κ3) is 4.66. The van der Waals surface area contributed by atoms with Crippen molar-refractivity contribution in [3.8, 4) is 0 Å². The van der Waals surface area contributed by atoms with Crippen LogP contribution in [0.15, 0.2) is 29.4 Å². The van der Waals surface area contributed by atoms with E-state index in [1.165, 1.54) is 0 Å². The number of nitrogens with one attached hydrogen (secondary N) is 1. The van der Waals surface area contributed by atoms with Crippen molar-refractivity contribution in [2.75, 3.05) is 19.6 Å². The van der Waals surface area contributed by atoms with Gasteiger partial charge in [-0.2, -0.15) is 0 Å². The molecule has 0 saturated carbocycles. The first kappa shape index (κ1) is 17.6. The number of nitrogens with zero attached hydrogens (tertiary/aromatic N) is 2. The minimum absolute atomic E-state index is 0.121. The third-order valence-electron chi connectivity index (χ3n) is 5.05. The molecule has 0 amide bonds. The molecule has 6 nitrogen and oxygen atoms in total. The Hall–Kier alpha value is -2.21. The van der Waals surface area contributed by atoms with Crippen LogP contribution in [0.2, 0.25) is 0 Å². The Balaban J connectivity index is 1.47. The van der Waals surface area contributed by atoms with Crippen LogP contribution in [0.3, 0.4) is 0 Å². The summed E-state index contributed by atoms with van der Waals surface area (Å²) in [4.78, 5) is 18.4. The Labute approximate surface area is 148 Å². The minimum atomic E-state index is -0.750. The van der Waals surface area contributed by atoms with E-state index in [-0.39, 0.29) is 12.6 Å². The van der Waals surface area contributed by atoms with Crippen molar-refractivity contribution in [1.29, 1.82) is 5.41 Å². The van der Waals surface area contributed by atoms with Gasteiger partial charge in [-0.05, 0) is 56.3 Å². The molecule has 2 N–H and O–H groups in total. The van der Waals surface area contributed by atoms with Gasteiger partial charge in [-0.25, -0.2) is 0 Å². The lowest BCUT2D eigenvalue weighted by Gasteiger charge is -2.31. The molecule has 0 bridgehead atoms. The normalized spacial score (nSPS) is 21.6. The number of oxime groups is 1. The monoisotopic (exact) mass is 343 g/mol. The molecule has 25 heavy (non-hydrogen) atoms. The fourth-order valence-corrected chi connectivity index (χ4v) is 3.58. The van der Waals surface area contributed by atoms with Crippen molar-refractivity contribution in [1.82, 2.24) is 4.90 Å². The zero-order chi connectivity index (χ0) is 17.8. The lowest BCUT2D eigenvalue weighted by Crippen LogP contribution is -2.38. The van der Waals surface area contributed by atoms with Crippen LogP contribution < -0.4 is 0 Å². The summed E-state index contributed by atoms with van der Waals surface area (Å²) in [6.45, 7) is 3.62. The van der Waals surface area contributed by atoms with Crippen molar-refractivity contribution in [3.63, 3.8) is 0 Å². The average molecular weight is 343 g/mol. The van der Waals surface area contributed by atoms with Gasteiger partial charge in [0.2, 0.25) is 0 Å². The van der Waals surface area contributed by atoms with Crippen LogP contribution in [0.5, 0.6) is 0 Å². The van der Waals surface area contributed by atoms with Crippen molar-refractivity contribution in [3.05, 3.63) is 35.4 Å². The molecule has 2 aliphatic rings. The van der Waals surface area contributed by atoms with Crippen LogP contribution in [0.1, 0.15) is 43.7 Å². The second-order valence-electron chi connectivity index (χ2n) is 7.02. The highest BCUT2D eigenvalue weighted by Crippen LogP contribution is 2.27. The van der Waals surface area contributed by atoms with Gasteiger partial charge >= 0.3 is 5.97 Å². The highest BCUT2D eigenvalue weighted by molar-refractivity contribution is 6.02. The van der Waals surface area contributed by atoms with Gasteiger partial charge in [0, 0.05) is 12.1 Å². The van der Waals surface area contributed by atoms with Crippen LogP contribution in [0, 0.1) is 11.3 Å². The minimum Gasteiger partial charge on any atom is -0.480 e. The SMILES string of the molecule is CC(=N)c1ccc(C2=NOC(CC3CCN(CC(=O)O)CC3)C2)cc1. The number of benzene rings is 1. The molecule has 1 saturated heterocycles. The van der Waals surface area contributed by atoms with Gasteiger partial charge in [0.25, 0.3) is 0 Å². The standard InChI is InChI=1S/C19H25N3O3/c1-13(20)15-2-4-16(5-3-15)18-11-17(25-21-18)10-14-6-8-22(9-7-14)12-19(23)24/h2-5,14,17,20H,6-12H2,1H3,(H,23,24). The number of hydrogen-bond donors (Lipinski definition) is 2. The molecule has 2 aliphatic heterocycles. The first-order valence-corrected chi connectivity index (χ1v) is 8.84. The summed E-state index contributed by atoms with van der Waals surface area (Å²) in [5, 5.41) is 20.8. The molecule has 2 heterocycles. The third-order valence-corrected chi connectivity index (χ3v) is 5.05. The summed E-state index contributed by atoms with van der Waals surface area (Å²) in [6, 6.07) is 7.90. The van der Waals surface area contributed by atoms with Gasteiger partial charge in [0.05, 0.1) is 12.3 Å². The van der Waals surface area contributed by atoms with E-state index >= 15 is 0 Å². The Kier molecular flexibility index (Phi) is 5.48. The number of carboxylic acids is 1. The molecule has 1 aromatic rings. The predicted molar refractivity (Wildman–Crippen MR) is 96.4 cm³/mol. The maximum Gasteiger partial charge on any atom is 0.317 e. The molecule has 1 fully saturated rings. The summed E-state index contributed by atoms with van der Waals surface area (Å²) >= 11 is 0. The number of carboxylic acid groups (broad SMARTS) is 1. The Bertz CT molecular complexity index is 661. The van der Waals surface area contributed by atoms with Gasteiger partial charge in [-0.3, -0.25) is 9.69 Å². The van der Waals surface area contributed by atoms with E-state index in [4.69, 9.17) is 15.4 Å².